The van der Waals surface area contributed by atoms with Gasteiger partial charge in [-0.25, -0.2) is 0 Å². The molecule has 0 radical (unpaired) electrons. The molecular weight excluding hydrogens is 218 g/mol. The molecule has 1 heterocycles. The number of fused-ring (bicyclic) bond motifs is 1. The second-order valence-corrected chi connectivity index (χ2v) is 3.86. The summed E-state index contributed by atoms with van der Waals surface area (Å²) in [7, 11) is 0. The monoisotopic (exact) mass is 231 g/mol. The van der Waals surface area contributed by atoms with Crippen LogP contribution in [0.4, 0.5) is 0 Å². The second-order valence-electron chi connectivity index (χ2n) is 3.86. The van der Waals surface area contributed by atoms with E-state index in [9.17, 15) is 4.79 Å². The van der Waals surface area contributed by atoms with Crippen molar-refractivity contribution in [2.75, 3.05) is 0 Å². The van der Waals surface area contributed by atoms with Crippen LogP contribution in [0.15, 0.2) is 36.5 Å². The van der Waals surface area contributed by atoms with E-state index in [1.807, 2.05) is 24.3 Å². The molecule has 0 unspecified atom stereocenters. The predicted molar refractivity (Wildman–Crippen MR) is 64.1 cm³/mol. The molecule has 1 aromatic heterocycles. The number of aliphatic carboxylic acids is 1. The van der Waals surface area contributed by atoms with Crippen LogP contribution in [0.3, 0.4) is 0 Å². The first-order valence-electron chi connectivity index (χ1n) is 5.39. The van der Waals surface area contributed by atoms with Crippen LogP contribution in [0.5, 0.6) is 5.75 Å². The minimum atomic E-state index is -0.870. The number of carboxylic acid groups (broad SMARTS) is 1. The SMILES string of the molecule is C[C@@H](CC(=O)O)Oc1cccc2cccnc12. The van der Waals surface area contributed by atoms with Crippen LogP contribution in [-0.2, 0) is 4.79 Å². The molecule has 17 heavy (non-hydrogen) atoms. The Morgan fingerprint density at radius 1 is 1.41 bits per heavy atom. The molecule has 0 saturated carbocycles. The lowest BCUT2D eigenvalue weighted by molar-refractivity contribution is -0.138. The summed E-state index contributed by atoms with van der Waals surface area (Å²) < 4.78 is 5.60. The Morgan fingerprint density at radius 2 is 2.18 bits per heavy atom. The lowest BCUT2D eigenvalue weighted by Crippen LogP contribution is -2.16. The molecule has 1 atom stereocenters. The summed E-state index contributed by atoms with van der Waals surface area (Å²) in [5.41, 5.74) is 0.757. The van der Waals surface area contributed by atoms with Crippen LogP contribution >= 0.6 is 0 Å². The average Bonchev–Trinajstić information content (AvgIpc) is 2.28. The highest BCUT2D eigenvalue weighted by Crippen LogP contribution is 2.24. The van der Waals surface area contributed by atoms with Gasteiger partial charge in [0.15, 0.2) is 0 Å². The largest absolute Gasteiger partial charge is 0.488 e. The third kappa shape index (κ3) is 2.72. The van der Waals surface area contributed by atoms with Crippen LogP contribution in [0.2, 0.25) is 0 Å². The van der Waals surface area contributed by atoms with Crippen molar-refractivity contribution in [3.8, 4) is 5.75 Å². The lowest BCUT2D eigenvalue weighted by Gasteiger charge is -2.13. The first-order valence-corrected chi connectivity index (χ1v) is 5.39. The first-order chi connectivity index (χ1) is 8.16. The van der Waals surface area contributed by atoms with Gasteiger partial charge in [0.25, 0.3) is 0 Å². The zero-order valence-electron chi connectivity index (χ0n) is 9.46. The molecule has 1 N–H and O–H groups in total. The summed E-state index contributed by atoms with van der Waals surface area (Å²) in [6.07, 6.45) is 1.29. The van der Waals surface area contributed by atoms with Crippen molar-refractivity contribution in [2.24, 2.45) is 0 Å². The van der Waals surface area contributed by atoms with Crippen molar-refractivity contribution in [2.45, 2.75) is 19.4 Å². The van der Waals surface area contributed by atoms with Gasteiger partial charge in [-0.2, -0.15) is 0 Å². The minimum Gasteiger partial charge on any atom is -0.488 e. The summed E-state index contributed by atoms with van der Waals surface area (Å²) in [4.78, 5) is 14.8. The van der Waals surface area contributed by atoms with Crippen LogP contribution in [0, 0.1) is 0 Å². The molecule has 0 bridgehead atoms. The molecule has 88 valence electrons. The Bertz CT molecular complexity index is 534. The number of carbonyl (C=O) groups is 1. The second kappa shape index (κ2) is 4.82. The topological polar surface area (TPSA) is 59.4 Å². The fraction of sp³-hybridized carbons (Fsp3) is 0.231. The Morgan fingerprint density at radius 3 is 2.94 bits per heavy atom. The summed E-state index contributed by atoms with van der Waals surface area (Å²) in [5.74, 6) is -0.248. The molecule has 0 aliphatic heterocycles. The minimum absolute atomic E-state index is 0.0246. The molecule has 2 aromatic rings. The quantitative estimate of drug-likeness (QED) is 0.878. The zero-order valence-corrected chi connectivity index (χ0v) is 9.46. The van der Waals surface area contributed by atoms with E-state index in [2.05, 4.69) is 4.98 Å². The van der Waals surface area contributed by atoms with E-state index < -0.39 is 5.97 Å². The number of carboxylic acids is 1. The number of para-hydroxylation sites is 1. The van der Waals surface area contributed by atoms with E-state index in [0.717, 1.165) is 10.9 Å². The number of nitrogens with zero attached hydrogens (tertiary/aromatic N) is 1. The highest BCUT2D eigenvalue weighted by molar-refractivity contribution is 5.84. The molecule has 4 nitrogen and oxygen atoms in total. The standard InChI is InChI=1S/C13H13NO3/c1-9(8-12(15)16)17-11-6-2-4-10-5-3-7-14-13(10)11/h2-7,9H,8H2,1H3,(H,15,16)/t9-/m0/s1. The van der Waals surface area contributed by atoms with Crippen LogP contribution in [0.1, 0.15) is 13.3 Å². The fourth-order valence-corrected chi connectivity index (χ4v) is 1.68. The first kappa shape index (κ1) is 11.4. The Balaban J connectivity index is 2.26. The molecular formula is C13H13NO3. The molecule has 0 aliphatic carbocycles. The summed E-state index contributed by atoms with van der Waals surface area (Å²) in [6, 6.07) is 9.40. The zero-order chi connectivity index (χ0) is 12.3. The van der Waals surface area contributed by atoms with Gasteiger partial charge in [-0.15, -0.1) is 0 Å². The van der Waals surface area contributed by atoms with E-state index in [4.69, 9.17) is 9.84 Å². The maximum Gasteiger partial charge on any atom is 0.307 e. The number of ether oxygens (including phenoxy) is 1. The van der Waals surface area contributed by atoms with Gasteiger partial charge in [0.05, 0.1) is 6.42 Å². The van der Waals surface area contributed by atoms with Crippen LogP contribution in [0.25, 0.3) is 10.9 Å². The fourth-order valence-electron chi connectivity index (χ4n) is 1.68. The smallest absolute Gasteiger partial charge is 0.307 e. The predicted octanol–water partition coefficient (Wildman–Crippen LogP) is 2.48. The Labute approximate surface area is 98.9 Å². The van der Waals surface area contributed by atoms with Crippen LogP contribution in [-0.4, -0.2) is 22.2 Å². The number of benzene rings is 1. The Hall–Kier alpha value is -2.10. The van der Waals surface area contributed by atoms with Crippen molar-refractivity contribution in [1.29, 1.82) is 0 Å². The van der Waals surface area contributed by atoms with Crippen molar-refractivity contribution < 1.29 is 14.6 Å². The summed E-state index contributed by atoms with van der Waals surface area (Å²) >= 11 is 0. The van der Waals surface area contributed by atoms with Gasteiger partial charge in [-0.1, -0.05) is 18.2 Å². The van der Waals surface area contributed by atoms with Crippen LogP contribution < -0.4 is 4.74 Å². The highest BCUT2D eigenvalue weighted by Gasteiger charge is 2.11. The highest BCUT2D eigenvalue weighted by atomic mass is 16.5. The maximum absolute atomic E-state index is 10.6. The van der Waals surface area contributed by atoms with Crippen molar-refractivity contribution in [3.63, 3.8) is 0 Å². The third-order valence-electron chi connectivity index (χ3n) is 2.39. The average molecular weight is 231 g/mol. The number of pyridine rings is 1. The normalized spacial score (nSPS) is 12.3. The summed E-state index contributed by atoms with van der Waals surface area (Å²) in [5, 5.41) is 9.66. The van der Waals surface area contributed by atoms with Crippen molar-refractivity contribution in [1.82, 2.24) is 4.98 Å². The van der Waals surface area contributed by atoms with Crippen molar-refractivity contribution in [3.05, 3.63) is 36.5 Å². The van der Waals surface area contributed by atoms with E-state index >= 15 is 0 Å². The number of hydrogen-bond donors (Lipinski definition) is 1. The van der Waals surface area contributed by atoms with Crippen molar-refractivity contribution >= 4 is 16.9 Å². The summed E-state index contributed by atoms with van der Waals surface area (Å²) in [6.45, 7) is 1.73. The van der Waals surface area contributed by atoms with Gasteiger partial charge in [0, 0.05) is 11.6 Å². The molecule has 0 spiro atoms. The number of rotatable bonds is 4. The number of hydrogen-bond acceptors (Lipinski definition) is 3. The molecule has 2 rings (SSSR count). The molecule has 0 saturated heterocycles. The van der Waals surface area contributed by atoms with Gasteiger partial charge >= 0.3 is 5.97 Å². The molecule has 1 aromatic carbocycles. The maximum atomic E-state index is 10.6. The van der Waals surface area contributed by atoms with Gasteiger partial charge in [0.2, 0.25) is 0 Å². The van der Waals surface area contributed by atoms with Gasteiger partial charge in [0.1, 0.15) is 17.4 Å². The van der Waals surface area contributed by atoms with Gasteiger partial charge < -0.3 is 9.84 Å². The van der Waals surface area contributed by atoms with E-state index in [1.54, 1.807) is 19.2 Å². The van der Waals surface area contributed by atoms with E-state index in [0.29, 0.717) is 5.75 Å². The van der Waals surface area contributed by atoms with E-state index in [1.165, 1.54) is 0 Å². The molecule has 0 fully saturated rings. The molecule has 0 aliphatic rings. The lowest BCUT2D eigenvalue weighted by atomic mass is 10.2. The third-order valence-corrected chi connectivity index (χ3v) is 2.39. The number of aromatic nitrogens is 1. The Kier molecular flexibility index (Phi) is 3.23. The van der Waals surface area contributed by atoms with E-state index in [-0.39, 0.29) is 12.5 Å². The van der Waals surface area contributed by atoms with Gasteiger partial charge in [-0.05, 0) is 19.1 Å². The van der Waals surface area contributed by atoms with Gasteiger partial charge in [-0.3, -0.25) is 9.78 Å². The molecule has 0 amide bonds. The molecule has 4 heteroatoms.